The summed E-state index contributed by atoms with van der Waals surface area (Å²) >= 11 is 0. The lowest BCUT2D eigenvalue weighted by Gasteiger charge is -2.24. The summed E-state index contributed by atoms with van der Waals surface area (Å²) in [6.45, 7) is 3.03. The molecule has 0 saturated heterocycles. The van der Waals surface area contributed by atoms with Crippen molar-refractivity contribution in [2.24, 2.45) is 0 Å². The van der Waals surface area contributed by atoms with E-state index in [4.69, 9.17) is 4.74 Å². The van der Waals surface area contributed by atoms with Crippen LogP contribution in [0.2, 0.25) is 0 Å². The van der Waals surface area contributed by atoms with E-state index in [0.29, 0.717) is 30.8 Å². The van der Waals surface area contributed by atoms with E-state index in [1.165, 1.54) is 0 Å². The number of nitrogens with zero attached hydrogens (tertiary/aromatic N) is 1. The Morgan fingerprint density at radius 3 is 2.82 bits per heavy atom. The van der Waals surface area contributed by atoms with Gasteiger partial charge in [0.05, 0.1) is 11.3 Å². The molecule has 0 saturated carbocycles. The van der Waals surface area contributed by atoms with Gasteiger partial charge >= 0.3 is 12.0 Å². The molecular formula is C21H21N3O4. The van der Waals surface area contributed by atoms with Crippen molar-refractivity contribution in [1.82, 2.24) is 5.32 Å². The smallest absolute Gasteiger partial charge is 0.339 e. The molecule has 0 aromatic heterocycles. The second-order valence-electron chi connectivity index (χ2n) is 6.83. The van der Waals surface area contributed by atoms with Crippen LogP contribution < -0.4 is 15.5 Å². The van der Waals surface area contributed by atoms with Gasteiger partial charge in [-0.1, -0.05) is 24.3 Å². The zero-order valence-corrected chi connectivity index (χ0v) is 15.5. The average molecular weight is 379 g/mol. The second-order valence-corrected chi connectivity index (χ2v) is 6.83. The first-order chi connectivity index (χ1) is 13.6. The van der Waals surface area contributed by atoms with Gasteiger partial charge in [0.15, 0.2) is 6.10 Å². The Hall–Kier alpha value is -3.35. The number of fused-ring (bicyclic) bond motifs is 2. The molecule has 2 aromatic rings. The van der Waals surface area contributed by atoms with E-state index in [9.17, 15) is 14.4 Å². The van der Waals surface area contributed by atoms with Crippen LogP contribution in [0.15, 0.2) is 42.5 Å². The first-order valence-corrected chi connectivity index (χ1v) is 9.35. The van der Waals surface area contributed by atoms with Crippen molar-refractivity contribution in [2.45, 2.75) is 25.9 Å². The Labute approximate surface area is 162 Å². The minimum atomic E-state index is -0.879. The van der Waals surface area contributed by atoms with Crippen molar-refractivity contribution in [3.8, 4) is 0 Å². The van der Waals surface area contributed by atoms with Crippen LogP contribution in [0.1, 0.15) is 28.4 Å². The van der Waals surface area contributed by atoms with Crippen molar-refractivity contribution in [2.75, 3.05) is 23.3 Å². The predicted octanol–water partition coefficient (Wildman–Crippen LogP) is 2.50. The fraction of sp³-hybridized carbons (Fsp3) is 0.286. The van der Waals surface area contributed by atoms with Gasteiger partial charge in [0, 0.05) is 25.2 Å². The van der Waals surface area contributed by atoms with Crippen molar-refractivity contribution >= 4 is 29.3 Å². The third kappa shape index (κ3) is 3.31. The molecule has 7 nitrogen and oxygen atoms in total. The van der Waals surface area contributed by atoms with Crippen LogP contribution in [-0.4, -0.2) is 37.1 Å². The van der Waals surface area contributed by atoms with E-state index >= 15 is 0 Å². The second kappa shape index (κ2) is 7.34. The third-order valence-corrected chi connectivity index (χ3v) is 5.01. The number of hydrogen-bond donors (Lipinski definition) is 2. The Morgan fingerprint density at radius 2 is 2.00 bits per heavy atom. The van der Waals surface area contributed by atoms with Crippen molar-refractivity contribution < 1.29 is 19.1 Å². The summed E-state index contributed by atoms with van der Waals surface area (Å²) in [5, 5.41) is 5.61. The molecule has 0 radical (unpaired) electrons. The minimum Gasteiger partial charge on any atom is -0.448 e. The molecule has 2 N–H and O–H groups in total. The number of carbonyl (C=O) groups is 3. The molecule has 2 aromatic carbocycles. The summed E-state index contributed by atoms with van der Waals surface area (Å²) in [7, 11) is 0. The number of carbonyl (C=O) groups excluding carboxylic acids is 3. The van der Waals surface area contributed by atoms with Gasteiger partial charge in [0.2, 0.25) is 0 Å². The maximum Gasteiger partial charge on any atom is 0.339 e. The Balaban J connectivity index is 1.50. The van der Waals surface area contributed by atoms with Crippen molar-refractivity contribution in [1.29, 1.82) is 0 Å². The fourth-order valence-corrected chi connectivity index (χ4v) is 3.62. The van der Waals surface area contributed by atoms with Gasteiger partial charge < -0.3 is 15.4 Å². The number of hydrogen-bond acceptors (Lipinski definition) is 4. The summed E-state index contributed by atoms with van der Waals surface area (Å²) in [5.74, 6) is -0.872. The highest BCUT2D eigenvalue weighted by atomic mass is 16.5. The van der Waals surface area contributed by atoms with E-state index in [2.05, 4.69) is 10.6 Å². The van der Waals surface area contributed by atoms with Crippen LogP contribution in [0.25, 0.3) is 0 Å². The van der Waals surface area contributed by atoms with E-state index in [1.54, 1.807) is 29.2 Å². The van der Waals surface area contributed by atoms with Crippen LogP contribution in [-0.2, 0) is 22.4 Å². The van der Waals surface area contributed by atoms with Gasteiger partial charge in [-0.15, -0.1) is 0 Å². The highest BCUT2D eigenvalue weighted by molar-refractivity contribution is 6.01. The predicted molar refractivity (Wildman–Crippen MR) is 105 cm³/mol. The summed E-state index contributed by atoms with van der Waals surface area (Å²) in [6, 6.07) is 12.5. The fourth-order valence-electron chi connectivity index (χ4n) is 3.62. The van der Waals surface area contributed by atoms with Crippen LogP contribution in [0.5, 0.6) is 0 Å². The highest BCUT2D eigenvalue weighted by Crippen LogP contribution is 2.31. The highest BCUT2D eigenvalue weighted by Gasteiger charge is 2.31. The van der Waals surface area contributed by atoms with Gasteiger partial charge in [0.25, 0.3) is 5.91 Å². The van der Waals surface area contributed by atoms with Crippen LogP contribution in [0, 0.1) is 0 Å². The Bertz CT molecular complexity index is 956. The summed E-state index contributed by atoms with van der Waals surface area (Å²) < 4.78 is 5.31. The maximum atomic E-state index is 12.7. The van der Waals surface area contributed by atoms with Crippen molar-refractivity contribution in [3.63, 3.8) is 0 Å². The van der Waals surface area contributed by atoms with Crippen molar-refractivity contribution in [3.05, 3.63) is 59.2 Å². The molecular weight excluding hydrogens is 358 g/mol. The number of amides is 3. The average Bonchev–Trinajstić information content (AvgIpc) is 3.11. The summed E-state index contributed by atoms with van der Waals surface area (Å²) in [4.78, 5) is 38.7. The number of anilines is 2. The minimum absolute atomic E-state index is 0.150. The van der Waals surface area contributed by atoms with Gasteiger partial charge in [-0.3, -0.25) is 9.69 Å². The van der Waals surface area contributed by atoms with E-state index in [1.807, 2.05) is 25.1 Å². The Kier molecular flexibility index (Phi) is 4.73. The maximum absolute atomic E-state index is 12.7. The van der Waals surface area contributed by atoms with Gasteiger partial charge in [-0.05, 0) is 42.7 Å². The molecule has 3 amide bonds. The number of ether oxygens (including phenoxy) is 1. The summed E-state index contributed by atoms with van der Waals surface area (Å²) in [6.07, 6.45) is 0.233. The van der Waals surface area contributed by atoms with Crippen LogP contribution in [0.4, 0.5) is 16.2 Å². The van der Waals surface area contributed by atoms with E-state index in [-0.39, 0.29) is 11.9 Å². The lowest BCUT2D eigenvalue weighted by molar-refractivity contribution is -0.125. The molecule has 4 rings (SSSR count). The first kappa shape index (κ1) is 18.0. The van der Waals surface area contributed by atoms with Crippen LogP contribution in [0.3, 0.4) is 0 Å². The zero-order valence-electron chi connectivity index (χ0n) is 15.5. The molecule has 1 atom stereocenters. The molecule has 0 bridgehead atoms. The number of benzene rings is 2. The molecule has 0 spiro atoms. The summed E-state index contributed by atoms with van der Waals surface area (Å²) in [5.41, 5.74) is 3.71. The van der Waals surface area contributed by atoms with Crippen LogP contribution >= 0.6 is 0 Å². The molecule has 2 aliphatic heterocycles. The third-order valence-electron chi connectivity index (χ3n) is 5.01. The lowest BCUT2D eigenvalue weighted by atomic mass is 9.98. The van der Waals surface area contributed by atoms with Gasteiger partial charge in [0.1, 0.15) is 0 Å². The SMILES string of the molecule is CCNC(=O)N1CCc2ccc(NC(=O)C3Cc4ccccc4C(=O)O3)cc21. The van der Waals surface area contributed by atoms with Gasteiger partial charge in [-0.25, -0.2) is 9.59 Å². The van der Waals surface area contributed by atoms with E-state index in [0.717, 1.165) is 23.2 Å². The molecule has 144 valence electrons. The van der Waals surface area contributed by atoms with E-state index < -0.39 is 12.1 Å². The number of nitrogens with one attached hydrogen (secondary N) is 2. The number of esters is 1. The number of cyclic esters (lactones) is 1. The lowest BCUT2D eigenvalue weighted by Crippen LogP contribution is -2.39. The molecule has 2 heterocycles. The first-order valence-electron chi connectivity index (χ1n) is 9.35. The number of rotatable bonds is 3. The molecule has 28 heavy (non-hydrogen) atoms. The zero-order chi connectivity index (χ0) is 19.7. The standard InChI is InChI=1S/C21H21N3O4/c1-2-22-21(27)24-10-9-13-7-8-15(12-17(13)24)23-19(25)18-11-14-5-3-4-6-16(14)20(26)28-18/h3-8,12,18H,2,9-11H2,1H3,(H,22,27)(H,23,25). The van der Waals surface area contributed by atoms with Gasteiger partial charge in [-0.2, -0.15) is 0 Å². The molecule has 2 aliphatic rings. The largest absolute Gasteiger partial charge is 0.448 e. The molecule has 7 heteroatoms. The Morgan fingerprint density at radius 1 is 1.18 bits per heavy atom. The molecule has 0 fully saturated rings. The molecule has 1 unspecified atom stereocenters. The normalized spacial score (nSPS) is 17.4. The number of urea groups is 1. The quantitative estimate of drug-likeness (QED) is 0.802. The molecule has 0 aliphatic carbocycles. The topological polar surface area (TPSA) is 87.7 Å². The monoisotopic (exact) mass is 379 g/mol.